The molecule has 0 bridgehead atoms. The number of hydrogen-bond donors (Lipinski definition) is 0. The highest BCUT2D eigenvalue weighted by atomic mass is 35.5. The molecule has 0 amide bonds. The minimum Gasteiger partial charge on any atom is -0.302 e. The van der Waals surface area contributed by atoms with Gasteiger partial charge in [0, 0.05) is 16.4 Å². The fourth-order valence-corrected chi connectivity index (χ4v) is 4.51. The van der Waals surface area contributed by atoms with E-state index in [0.29, 0.717) is 28.5 Å². The SMILES string of the molecule is Cc1sc(-c2ccc(Cl)c(F)c2)nc1C(C=O)C(=O)[C@@H]1CC[C@@H](C)C1. The van der Waals surface area contributed by atoms with Gasteiger partial charge in [-0.05, 0) is 44.2 Å². The molecule has 2 aromatic rings. The minimum atomic E-state index is -0.836. The highest BCUT2D eigenvalue weighted by molar-refractivity contribution is 7.15. The quantitative estimate of drug-likeness (QED) is 0.530. The van der Waals surface area contributed by atoms with Crippen LogP contribution in [0.25, 0.3) is 10.6 Å². The lowest BCUT2D eigenvalue weighted by Crippen LogP contribution is -2.22. The van der Waals surface area contributed by atoms with E-state index in [9.17, 15) is 14.0 Å². The summed E-state index contributed by atoms with van der Waals surface area (Å²) in [6, 6.07) is 4.48. The molecule has 0 spiro atoms. The molecule has 3 nitrogen and oxygen atoms in total. The van der Waals surface area contributed by atoms with Crippen molar-refractivity contribution in [3.8, 4) is 10.6 Å². The molecular formula is C19H19ClFNO2S. The van der Waals surface area contributed by atoms with Crippen molar-refractivity contribution < 1.29 is 14.0 Å². The van der Waals surface area contributed by atoms with Gasteiger partial charge in [0.1, 0.15) is 23.0 Å². The number of hydrogen-bond acceptors (Lipinski definition) is 4. The zero-order valence-corrected chi connectivity index (χ0v) is 15.7. The molecule has 132 valence electrons. The average molecular weight is 380 g/mol. The summed E-state index contributed by atoms with van der Waals surface area (Å²) in [6.45, 7) is 3.97. The Morgan fingerprint density at radius 3 is 2.80 bits per heavy atom. The summed E-state index contributed by atoms with van der Waals surface area (Å²) in [5.74, 6) is -0.941. The van der Waals surface area contributed by atoms with Crippen LogP contribution >= 0.6 is 22.9 Å². The standard InChI is InChI=1S/C19H19ClFNO2S/c1-10-3-4-12(7-10)18(24)14(9-23)17-11(2)25-19(22-17)13-5-6-15(20)16(21)8-13/h5-6,8-10,12,14H,3-4,7H2,1-2H3/t10-,12-,14?/m1/s1. The summed E-state index contributed by atoms with van der Waals surface area (Å²) >= 11 is 7.07. The van der Waals surface area contributed by atoms with Gasteiger partial charge in [0.2, 0.25) is 0 Å². The van der Waals surface area contributed by atoms with Crippen LogP contribution < -0.4 is 0 Å². The molecule has 1 fully saturated rings. The third-order valence-corrected chi connectivity index (χ3v) is 6.18. The van der Waals surface area contributed by atoms with Gasteiger partial charge in [-0.25, -0.2) is 9.37 Å². The second-order valence-electron chi connectivity index (χ2n) is 6.72. The molecular weight excluding hydrogens is 361 g/mol. The number of nitrogens with zero attached hydrogens (tertiary/aromatic N) is 1. The van der Waals surface area contributed by atoms with Crippen LogP contribution in [0.1, 0.15) is 42.7 Å². The first kappa shape index (κ1) is 18.2. The highest BCUT2D eigenvalue weighted by Crippen LogP contribution is 2.37. The van der Waals surface area contributed by atoms with Crippen molar-refractivity contribution in [3.05, 3.63) is 39.6 Å². The molecule has 0 saturated heterocycles. The van der Waals surface area contributed by atoms with Crippen LogP contribution in [-0.4, -0.2) is 17.1 Å². The Bertz CT molecular complexity index is 820. The van der Waals surface area contributed by atoms with E-state index in [4.69, 9.17) is 11.6 Å². The number of benzene rings is 1. The van der Waals surface area contributed by atoms with Crippen molar-refractivity contribution in [2.75, 3.05) is 0 Å². The number of halogens is 2. The second kappa shape index (κ2) is 7.34. The van der Waals surface area contributed by atoms with Crippen LogP contribution in [0, 0.1) is 24.6 Å². The number of carbonyl (C=O) groups is 2. The van der Waals surface area contributed by atoms with Gasteiger partial charge < -0.3 is 4.79 Å². The number of aromatic nitrogens is 1. The van der Waals surface area contributed by atoms with Gasteiger partial charge in [-0.3, -0.25) is 4.79 Å². The lowest BCUT2D eigenvalue weighted by atomic mass is 9.89. The lowest BCUT2D eigenvalue weighted by molar-refractivity contribution is -0.127. The van der Waals surface area contributed by atoms with Crippen molar-refractivity contribution in [2.45, 2.75) is 39.0 Å². The second-order valence-corrected chi connectivity index (χ2v) is 8.33. The van der Waals surface area contributed by atoms with Crippen molar-refractivity contribution in [3.63, 3.8) is 0 Å². The minimum absolute atomic E-state index is 0.0402. The third kappa shape index (κ3) is 3.67. The molecule has 1 aromatic heterocycles. The first-order valence-electron chi connectivity index (χ1n) is 8.32. The van der Waals surface area contributed by atoms with Crippen LogP contribution in [0.2, 0.25) is 5.02 Å². The largest absolute Gasteiger partial charge is 0.302 e. The van der Waals surface area contributed by atoms with E-state index in [-0.39, 0.29) is 16.7 Å². The number of rotatable bonds is 5. The van der Waals surface area contributed by atoms with Gasteiger partial charge in [-0.2, -0.15) is 0 Å². The normalized spacial score (nSPS) is 21.3. The van der Waals surface area contributed by atoms with E-state index in [2.05, 4.69) is 11.9 Å². The Morgan fingerprint density at radius 2 is 2.20 bits per heavy atom. The number of carbonyl (C=O) groups excluding carboxylic acids is 2. The van der Waals surface area contributed by atoms with Crippen molar-refractivity contribution in [1.29, 1.82) is 0 Å². The van der Waals surface area contributed by atoms with E-state index < -0.39 is 11.7 Å². The smallest absolute Gasteiger partial charge is 0.152 e. The first-order valence-corrected chi connectivity index (χ1v) is 9.52. The van der Waals surface area contributed by atoms with Crippen LogP contribution in [0.15, 0.2) is 18.2 Å². The Labute approximate surface area is 155 Å². The summed E-state index contributed by atoms with van der Waals surface area (Å²) in [6.07, 6.45) is 3.39. The van der Waals surface area contributed by atoms with Crippen molar-refractivity contribution >= 4 is 35.0 Å². The lowest BCUT2D eigenvalue weighted by Gasteiger charge is -2.13. The average Bonchev–Trinajstić information content (AvgIpc) is 3.17. The summed E-state index contributed by atoms with van der Waals surface area (Å²) < 4.78 is 13.7. The van der Waals surface area contributed by atoms with Gasteiger partial charge in [0.15, 0.2) is 5.78 Å². The molecule has 3 rings (SSSR count). The maximum absolute atomic E-state index is 13.7. The summed E-state index contributed by atoms with van der Waals surface area (Å²) in [4.78, 5) is 29.7. The molecule has 1 saturated carbocycles. The number of ketones is 1. The van der Waals surface area contributed by atoms with E-state index >= 15 is 0 Å². The molecule has 1 aromatic carbocycles. The van der Waals surface area contributed by atoms with E-state index in [0.717, 1.165) is 24.1 Å². The van der Waals surface area contributed by atoms with E-state index in [1.807, 2.05) is 6.92 Å². The topological polar surface area (TPSA) is 47.0 Å². The number of Topliss-reactive ketones (excluding diaryl/α,β-unsaturated/α-hetero) is 1. The maximum atomic E-state index is 13.7. The van der Waals surface area contributed by atoms with E-state index in [1.54, 1.807) is 6.07 Å². The molecule has 6 heteroatoms. The maximum Gasteiger partial charge on any atom is 0.152 e. The predicted molar refractivity (Wildman–Crippen MR) is 97.6 cm³/mol. The van der Waals surface area contributed by atoms with Crippen molar-refractivity contribution in [1.82, 2.24) is 4.98 Å². The van der Waals surface area contributed by atoms with Crippen LogP contribution in [0.4, 0.5) is 4.39 Å². The molecule has 1 heterocycles. The Morgan fingerprint density at radius 1 is 1.44 bits per heavy atom. The molecule has 3 atom stereocenters. The third-order valence-electron chi connectivity index (χ3n) is 4.83. The van der Waals surface area contributed by atoms with Crippen LogP contribution in [0.5, 0.6) is 0 Å². The number of aryl methyl sites for hydroxylation is 1. The Hall–Kier alpha value is -1.59. The molecule has 1 unspecified atom stereocenters. The fraction of sp³-hybridized carbons (Fsp3) is 0.421. The fourth-order valence-electron chi connectivity index (χ4n) is 3.44. The molecule has 0 radical (unpaired) electrons. The molecule has 1 aliphatic carbocycles. The molecule has 0 N–H and O–H groups in total. The van der Waals surface area contributed by atoms with Crippen molar-refractivity contribution in [2.24, 2.45) is 11.8 Å². The number of aldehydes is 1. The van der Waals surface area contributed by atoms with Crippen LogP contribution in [0.3, 0.4) is 0 Å². The van der Waals surface area contributed by atoms with Gasteiger partial charge in [0.05, 0.1) is 10.7 Å². The number of thiazole rings is 1. The Balaban J connectivity index is 1.91. The van der Waals surface area contributed by atoms with E-state index in [1.165, 1.54) is 23.5 Å². The van der Waals surface area contributed by atoms with Gasteiger partial charge in [-0.15, -0.1) is 11.3 Å². The Kier molecular flexibility index (Phi) is 5.35. The van der Waals surface area contributed by atoms with Crippen LogP contribution in [-0.2, 0) is 9.59 Å². The summed E-state index contributed by atoms with van der Waals surface area (Å²) in [5.41, 5.74) is 1.09. The van der Waals surface area contributed by atoms with Gasteiger partial charge >= 0.3 is 0 Å². The highest BCUT2D eigenvalue weighted by Gasteiger charge is 2.34. The molecule has 0 aliphatic heterocycles. The molecule has 25 heavy (non-hydrogen) atoms. The monoisotopic (exact) mass is 379 g/mol. The summed E-state index contributed by atoms with van der Waals surface area (Å²) in [7, 11) is 0. The zero-order valence-electron chi connectivity index (χ0n) is 14.1. The predicted octanol–water partition coefficient (Wildman–Crippen LogP) is 5.20. The van der Waals surface area contributed by atoms with Gasteiger partial charge in [-0.1, -0.05) is 24.6 Å². The van der Waals surface area contributed by atoms with Gasteiger partial charge in [0.25, 0.3) is 0 Å². The molecule has 1 aliphatic rings. The first-order chi connectivity index (χ1) is 11.9. The zero-order chi connectivity index (χ0) is 18.1. The summed E-state index contributed by atoms with van der Waals surface area (Å²) in [5, 5.41) is 0.635.